The Morgan fingerprint density at radius 2 is 2.05 bits per heavy atom. The molecule has 0 aromatic carbocycles. The number of aromatic nitrogens is 3. The predicted molar refractivity (Wildman–Crippen MR) is 69.9 cm³/mol. The topological polar surface area (TPSA) is 88.9 Å². The minimum atomic E-state index is -3.14. The van der Waals surface area contributed by atoms with Crippen LogP contribution >= 0.6 is 0 Å². The Labute approximate surface area is 112 Å². The fraction of sp³-hybridized carbons (Fsp3) is 0.818. The average Bonchev–Trinajstić information content (AvgIpc) is 3.18. The molecule has 0 atom stereocenters. The Morgan fingerprint density at radius 1 is 1.32 bits per heavy atom. The molecule has 106 valence electrons. The van der Waals surface area contributed by atoms with Crippen molar-refractivity contribution in [2.75, 3.05) is 13.1 Å². The third kappa shape index (κ3) is 3.13. The molecule has 3 rings (SSSR count). The maximum absolute atomic E-state index is 11.7. The zero-order valence-corrected chi connectivity index (χ0v) is 11.6. The summed E-state index contributed by atoms with van der Waals surface area (Å²) in [5, 5.41) is 11.3. The molecule has 19 heavy (non-hydrogen) atoms. The molecule has 0 spiro atoms. The molecule has 8 heteroatoms. The summed E-state index contributed by atoms with van der Waals surface area (Å²) in [6.07, 6.45) is 5.48. The van der Waals surface area contributed by atoms with E-state index >= 15 is 0 Å². The summed E-state index contributed by atoms with van der Waals surface area (Å²) in [6, 6.07) is 0.377. The summed E-state index contributed by atoms with van der Waals surface area (Å²) in [4.78, 5) is 0. The fourth-order valence-electron chi connectivity index (χ4n) is 2.31. The Morgan fingerprint density at radius 3 is 2.74 bits per heavy atom. The van der Waals surface area contributed by atoms with Gasteiger partial charge in [-0.3, -0.25) is 0 Å². The van der Waals surface area contributed by atoms with Crippen molar-refractivity contribution >= 4 is 10.0 Å². The maximum Gasteiger partial charge on any atom is 0.214 e. The highest BCUT2D eigenvalue weighted by Gasteiger charge is 2.35. The van der Waals surface area contributed by atoms with Gasteiger partial charge in [-0.15, -0.1) is 5.10 Å². The number of hydrogen-bond donors (Lipinski definition) is 2. The first kappa shape index (κ1) is 13.0. The predicted octanol–water partition coefficient (Wildman–Crippen LogP) is -0.216. The van der Waals surface area contributed by atoms with Gasteiger partial charge in [0, 0.05) is 0 Å². The van der Waals surface area contributed by atoms with E-state index in [4.69, 9.17) is 0 Å². The Kier molecular flexibility index (Phi) is 3.55. The molecule has 2 N–H and O–H groups in total. The normalized spacial score (nSPS) is 21.7. The van der Waals surface area contributed by atoms with Crippen molar-refractivity contribution in [3.8, 4) is 0 Å². The van der Waals surface area contributed by atoms with Crippen molar-refractivity contribution in [3.63, 3.8) is 0 Å². The monoisotopic (exact) mass is 285 g/mol. The van der Waals surface area contributed by atoms with Gasteiger partial charge in [0.05, 0.1) is 29.7 Å². The third-order valence-electron chi connectivity index (χ3n) is 3.66. The maximum atomic E-state index is 11.7. The number of nitrogens with zero attached hydrogens (tertiary/aromatic N) is 3. The van der Waals surface area contributed by atoms with Crippen LogP contribution in [0, 0.1) is 0 Å². The first-order valence-corrected chi connectivity index (χ1v) is 8.30. The largest absolute Gasteiger partial charge is 0.317 e. The molecule has 7 nitrogen and oxygen atoms in total. The summed E-state index contributed by atoms with van der Waals surface area (Å²) < 4.78 is 27.9. The SMILES string of the molecule is O=S(=O)(NCc1cn(C2CCNCC2)nn1)C1CC1. The van der Waals surface area contributed by atoms with Crippen LogP contribution < -0.4 is 10.0 Å². The van der Waals surface area contributed by atoms with Crippen LogP contribution in [0.3, 0.4) is 0 Å². The molecule has 1 aliphatic heterocycles. The zero-order valence-electron chi connectivity index (χ0n) is 10.7. The van der Waals surface area contributed by atoms with E-state index in [0.717, 1.165) is 38.8 Å². The van der Waals surface area contributed by atoms with Crippen molar-refractivity contribution in [1.82, 2.24) is 25.0 Å². The third-order valence-corrected chi connectivity index (χ3v) is 5.55. The van der Waals surface area contributed by atoms with Crippen LogP contribution in [0.5, 0.6) is 0 Å². The van der Waals surface area contributed by atoms with Gasteiger partial charge in [0.1, 0.15) is 0 Å². The molecule has 0 unspecified atom stereocenters. The van der Waals surface area contributed by atoms with Crippen LogP contribution in [-0.4, -0.2) is 41.8 Å². The van der Waals surface area contributed by atoms with Crippen molar-refractivity contribution in [2.24, 2.45) is 0 Å². The van der Waals surface area contributed by atoms with Gasteiger partial charge >= 0.3 is 0 Å². The number of sulfonamides is 1. The Bertz CT molecular complexity index is 531. The van der Waals surface area contributed by atoms with Gasteiger partial charge in [0.25, 0.3) is 0 Å². The van der Waals surface area contributed by atoms with E-state index in [1.54, 1.807) is 0 Å². The van der Waals surface area contributed by atoms with E-state index in [9.17, 15) is 8.42 Å². The lowest BCUT2D eigenvalue weighted by Crippen LogP contribution is -2.29. The first-order chi connectivity index (χ1) is 9.15. The van der Waals surface area contributed by atoms with Gasteiger partial charge < -0.3 is 5.32 Å². The molecule has 1 aliphatic carbocycles. The van der Waals surface area contributed by atoms with Gasteiger partial charge in [-0.2, -0.15) is 0 Å². The van der Waals surface area contributed by atoms with Crippen molar-refractivity contribution in [2.45, 2.75) is 43.5 Å². The standard InChI is InChI=1S/C11H19N5O2S/c17-19(18,11-1-2-11)13-7-9-8-16(15-14-9)10-3-5-12-6-4-10/h8,10-13H,1-7H2. The lowest BCUT2D eigenvalue weighted by molar-refractivity contribution is 0.337. The highest BCUT2D eigenvalue weighted by molar-refractivity contribution is 7.90. The van der Waals surface area contributed by atoms with Crippen LogP contribution in [0.4, 0.5) is 0 Å². The molecule has 0 bridgehead atoms. The summed E-state index contributed by atoms with van der Waals surface area (Å²) in [5.41, 5.74) is 0.683. The highest BCUT2D eigenvalue weighted by atomic mass is 32.2. The van der Waals surface area contributed by atoms with Crippen molar-refractivity contribution in [3.05, 3.63) is 11.9 Å². The quantitative estimate of drug-likeness (QED) is 0.781. The van der Waals surface area contributed by atoms with Gasteiger partial charge in [-0.25, -0.2) is 17.8 Å². The molecule has 2 aliphatic rings. The van der Waals surface area contributed by atoms with Crippen molar-refractivity contribution in [1.29, 1.82) is 0 Å². The molecule has 0 radical (unpaired) electrons. The number of hydrogen-bond acceptors (Lipinski definition) is 5. The molecule has 2 fully saturated rings. The fourth-order valence-corrected chi connectivity index (χ4v) is 3.66. The minimum absolute atomic E-state index is 0.188. The second kappa shape index (κ2) is 5.18. The van der Waals surface area contributed by atoms with Gasteiger partial charge in [-0.05, 0) is 38.8 Å². The Hall–Kier alpha value is -0.990. The number of piperidine rings is 1. The van der Waals surface area contributed by atoms with E-state index in [1.165, 1.54) is 0 Å². The van der Waals surface area contributed by atoms with Gasteiger partial charge in [0.2, 0.25) is 10.0 Å². The highest BCUT2D eigenvalue weighted by Crippen LogP contribution is 2.27. The first-order valence-electron chi connectivity index (χ1n) is 6.75. The van der Waals surface area contributed by atoms with Gasteiger partial charge in [-0.1, -0.05) is 5.21 Å². The number of nitrogens with one attached hydrogen (secondary N) is 2. The van der Waals surface area contributed by atoms with Crippen LogP contribution in [0.1, 0.15) is 37.4 Å². The summed E-state index contributed by atoms with van der Waals surface area (Å²) in [6.45, 7) is 2.23. The molecule has 2 heterocycles. The second-order valence-corrected chi connectivity index (χ2v) is 7.28. The zero-order chi connectivity index (χ0) is 13.3. The van der Waals surface area contributed by atoms with E-state index in [-0.39, 0.29) is 11.8 Å². The Balaban J connectivity index is 1.58. The van der Waals surface area contributed by atoms with Gasteiger partial charge in [0.15, 0.2) is 0 Å². The lowest BCUT2D eigenvalue weighted by atomic mass is 10.1. The van der Waals surface area contributed by atoms with E-state index in [0.29, 0.717) is 11.7 Å². The van der Waals surface area contributed by atoms with Crippen LogP contribution in [-0.2, 0) is 16.6 Å². The summed E-state index contributed by atoms with van der Waals surface area (Å²) >= 11 is 0. The minimum Gasteiger partial charge on any atom is -0.317 e. The average molecular weight is 285 g/mol. The van der Waals surface area contributed by atoms with E-state index in [2.05, 4.69) is 20.4 Å². The molecule has 1 aromatic rings. The van der Waals surface area contributed by atoms with Crippen molar-refractivity contribution < 1.29 is 8.42 Å². The summed E-state index contributed by atoms with van der Waals surface area (Å²) in [7, 11) is -3.14. The lowest BCUT2D eigenvalue weighted by Gasteiger charge is -2.22. The van der Waals surface area contributed by atoms with E-state index < -0.39 is 10.0 Å². The second-order valence-electron chi connectivity index (χ2n) is 5.24. The molecule has 1 saturated carbocycles. The molecular weight excluding hydrogens is 266 g/mol. The molecule has 1 aromatic heterocycles. The summed E-state index contributed by atoms with van der Waals surface area (Å²) in [5.74, 6) is 0. The molecular formula is C11H19N5O2S. The van der Waals surface area contributed by atoms with Crippen LogP contribution in [0.25, 0.3) is 0 Å². The van der Waals surface area contributed by atoms with Crippen LogP contribution in [0.2, 0.25) is 0 Å². The number of rotatable bonds is 5. The smallest absolute Gasteiger partial charge is 0.214 e. The molecule has 1 saturated heterocycles. The van der Waals surface area contributed by atoms with E-state index in [1.807, 2.05) is 10.9 Å². The molecule has 0 amide bonds. The van der Waals surface area contributed by atoms with Crippen LogP contribution in [0.15, 0.2) is 6.20 Å².